The molecule has 0 amide bonds. The van der Waals surface area contributed by atoms with Gasteiger partial charge in [0.2, 0.25) is 0 Å². The number of benzene rings is 2. The highest BCUT2D eigenvalue weighted by Crippen LogP contribution is 2.29. The van der Waals surface area contributed by atoms with Crippen LogP contribution in [0.25, 0.3) is 0 Å². The van der Waals surface area contributed by atoms with E-state index in [1.807, 2.05) is 30.3 Å². The van der Waals surface area contributed by atoms with E-state index in [-0.39, 0.29) is 10.5 Å². The molecule has 20 heavy (non-hydrogen) atoms. The summed E-state index contributed by atoms with van der Waals surface area (Å²) >= 11 is 5.98. The zero-order chi connectivity index (χ0) is 14.5. The van der Waals surface area contributed by atoms with Crippen LogP contribution < -0.4 is 14.9 Å². The van der Waals surface area contributed by atoms with Gasteiger partial charge in [0, 0.05) is 16.6 Å². The largest absolute Gasteiger partial charge is 0.493 e. The fourth-order valence-corrected chi connectivity index (χ4v) is 2.01. The van der Waals surface area contributed by atoms with Crippen LogP contribution in [0.2, 0.25) is 5.02 Å². The van der Waals surface area contributed by atoms with E-state index >= 15 is 0 Å². The Morgan fingerprint density at radius 3 is 2.40 bits per heavy atom. The highest BCUT2D eigenvalue weighted by Gasteiger charge is 2.19. The summed E-state index contributed by atoms with van der Waals surface area (Å²) in [5.74, 6) is 0.846. The van der Waals surface area contributed by atoms with E-state index in [1.54, 1.807) is 0 Å². The second-order valence-electron chi connectivity index (χ2n) is 4.17. The van der Waals surface area contributed by atoms with E-state index in [2.05, 4.69) is 0 Å². The van der Waals surface area contributed by atoms with Crippen molar-refractivity contribution in [3.05, 3.63) is 53.1 Å². The van der Waals surface area contributed by atoms with Crippen LogP contribution in [-0.2, 0) is 6.61 Å². The fourth-order valence-electron chi connectivity index (χ4n) is 1.76. The van der Waals surface area contributed by atoms with Crippen molar-refractivity contribution >= 4 is 24.2 Å². The summed E-state index contributed by atoms with van der Waals surface area (Å²) in [4.78, 5) is 0. The van der Waals surface area contributed by atoms with Gasteiger partial charge >= 0.3 is 7.12 Å². The van der Waals surface area contributed by atoms with Crippen molar-refractivity contribution in [2.45, 2.75) is 6.61 Å². The molecular formula is C14H14BClO4. The summed E-state index contributed by atoms with van der Waals surface area (Å²) in [6.07, 6.45) is 0. The predicted octanol–water partition coefficient (Wildman–Crippen LogP) is 1.61. The van der Waals surface area contributed by atoms with Gasteiger partial charge in [0.15, 0.2) is 11.5 Å². The van der Waals surface area contributed by atoms with Gasteiger partial charge < -0.3 is 19.5 Å². The van der Waals surface area contributed by atoms with Crippen LogP contribution in [-0.4, -0.2) is 24.3 Å². The van der Waals surface area contributed by atoms with Gasteiger partial charge in [-0.25, -0.2) is 0 Å². The Balaban J connectivity index is 2.21. The Hall–Kier alpha value is -1.69. The average Bonchev–Trinajstić information content (AvgIpc) is 2.46. The molecule has 0 heterocycles. The maximum atomic E-state index is 9.20. The molecule has 0 aliphatic carbocycles. The Bertz CT molecular complexity index is 575. The minimum Gasteiger partial charge on any atom is -0.493 e. The lowest BCUT2D eigenvalue weighted by Gasteiger charge is -2.13. The third-order valence-corrected chi connectivity index (χ3v) is 3.13. The van der Waals surface area contributed by atoms with Crippen molar-refractivity contribution in [2.75, 3.05) is 7.11 Å². The Morgan fingerprint density at radius 1 is 1.10 bits per heavy atom. The minimum atomic E-state index is -1.65. The van der Waals surface area contributed by atoms with E-state index in [4.69, 9.17) is 21.1 Å². The van der Waals surface area contributed by atoms with Crippen molar-refractivity contribution in [3.8, 4) is 11.5 Å². The van der Waals surface area contributed by atoms with E-state index < -0.39 is 7.12 Å². The maximum Gasteiger partial charge on any atom is 0.490 e. The zero-order valence-electron chi connectivity index (χ0n) is 10.9. The van der Waals surface area contributed by atoms with Gasteiger partial charge in [0.1, 0.15) is 6.61 Å². The SMILES string of the molecule is COc1cc(B(O)O)c(Cl)cc1OCc1ccccc1. The molecule has 0 aromatic heterocycles. The van der Waals surface area contributed by atoms with E-state index in [1.165, 1.54) is 19.2 Å². The molecule has 0 saturated carbocycles. The zero-order valence-corrected chi connectivity index (χ0v) is 11.7. The molecule has 2 aromatic carbocycles. The first-order chi connectivity index (χ1) is 9.61. The van der Waals surface area contributed by atoms with Gasteiger partial charge in [-0.05, 0) is 11.6 Å². The number of ether oxygens (including phenoxy) is 2. The number of methoxy groups -OCH3 is 1. The molecule has 0 bridgehead atoms. The summed E-state index contributed by atoms with van der Waals surface area (Å²) in [6.45, 7) is 0.370. The van der Waals surface area contributed by atoms with E-state index in [0.29, 0.717) is 18.1 Å². The summed E-state index contributed by atoms with van der Waals surface area (Å²) in [5, 5.41) is 18.6. The summed E-state index contributed by atoms with van der Waals surface area (Å²) < 4.78 is 10.8. The first kappa shape index (κ1) is 14.7. The molecule has 4 nitrogen and oxygen atoms in total. The van der Waals surface area contributed by atoms with Crippen molar-refractivity contribution in [1.82, 2.24) is 0 Å². The van der Waals surface area contributed by atoms with Crippen molar-refractivity contribution < 1.29 is 19.5 Å². The molecule has 0 spiro atoms. The van der Waals surface area contributed by atoms with Crippen LogP contribution in [0.3, 0.4) is 0 Å². The molecule has 2 N–H and O–H groups in total. The average molecular weight is 293 g/mol. The lowest BCUT2D eigenvalue weighted by molar-refractivity contribution is 0.284. The number of halogens is 1. The van der Waals surface area contributed by atoms with Gasteiger partial charge in [-0.1, -0.05) is 41.9 Å². The third-order valence-electron chi connectivity index (χ3n) is 2.80. The topological polar surface area (TPSA) is 58.9 Å². The quantitative estimate of drug-likeness (QED) is 0.822. The van der Waals surface area contributed by atoms with Crippen LogP contribution >= 0.6 is 11.6 Å². The Kier molecular flexibility index (Phi) is 4.90. The summed E-state index contributed by atoms with van der Waals surface area (Å²) in [7, 11) is -0.175. The first-order valence-corrected chi connectivity index (χ1v) is 6.40. The second-order valence-corrected chi connectivity index (χ2v) is 4.58. The molecule has 2 aromatic rings. The van der Waals surface area contributed by atoms with Gasteiger partial charge in [-0.2, -0.15) is 0 Å². The van der Waals surface area contributed by atoms with Crippen LogP contribution in [0.5, 0.6) is 11.5 Å². The molecule has 6 heteroatoms. The van der Waals surface area contributed by atoms with Crippen LogP contribution in [0.15, 0.2) is 42.5 Å². The van der Waals surface area contributed by atoms with E-state index in [9.17, 15) is 10.0 Å². The van der Waals surface area contributed by atoms with Crippen LogP contribution in [0.4, 0.5) is 0 Å². The van der Waals surface area contributed by atoms with Crippen molar-refractivity contribution in [1.29, 1.82) is 0 Å². The highest BCUT2D eigenvalue weighted by molar-refractivity contribution is 6.62. The minimum absolute atomic E-state index is 0.176. The van der Waals surface area contributed by atoms with Crippen LogP contribution in [0, 0.1) is 0 Å². The van der Waals surface area contributed by atoms with E-state index in [0.717, 1.165) is 5.56 Å². The first-order valence-electron chi connectivity index (χ1n) is 6.02. The molecule has 0 unspecified atom stereocenters. The van der Waals surface area contributed by atoms with Crippen molar-refractivity contribution in [3.63, 3.8) is 0 Å². The molecule has 0 radical (unpaired) electrons. The van der Waals surface area contributed by atoms with Gasteiger partial charge in [-0.15, -0.1) is 0 Å². The molecule has 104 valence electrons. The smallest absolute Gasteiger partial charge is 0.490 e. The lowest BCUT2D eigenvalue weighted by atomic mass is 9.80. The number of hydrogen-bond donors (Lipinski definition) is 2. The second kappa shape index (κ2) is 6.66. The number of rotatable bonds is 5. The van der Waals surface area contributed by atoms with Gasteiger partial charge in [-0.3, -0.25) is 0 Å². The maximum absolute atomic E-state index is 9.20. The highest BCUT2D eigenvalue weighted by atomic mass is 35.5. The van der Waals surface area contributed by atoms with Crippen molar-refractivity contribution in [2.24, 2.45) is 0 Å². The monoisotopic (exact) mass is 292 g/mol. The molecule has 2 rings (SSSR count). The molecule has 0 fully saturated rings. The predicted molar refractivity (Wildman–Crippen MR) is 78.6 cm³/mol. The molecule has 0 aliphatic rings. The van der Waals surface area contributed by atoms with Gasteiger partial charge in [0.25, 0.3) is 0 Å². The normalized spacial score (nSPS) is 10.2. The summed E-state index contributed by atoms with van der Waals surface area (Å²) in [6, 6.07) is 12.6. The fraction of sp³-hybridized carbons (Fsp3) is 0.143. The molecular weight excluding hydrogens is 278 g/mol. The Labute approximate surface area is 122 Å². The third kappa shape index (κ3) is 3.45. The van der Waals surface area contributed by atoms with Crippen LogP contribution in [0.1, 0.15) is 5.56 Å². The Morgan fingerprint density at radius 2 is 1.80 bits per heavy atom. The molecule has 0 saturated heterocycles. The molecule has 0 atom stereocenters. The molecule has 0 aliphatic heterocycles. The van der Waals surface area contributed by atoms with Gasteiger partial charge in [0.05, 0.1) is 7.11 Å². The summed E-state index contributed by atoms with van der Waals surface area (Å²) in [5.41, 5.74) is 1.19. The lowest BCUT2D eigenvalue weighted by Crippen LogP contribution is -2.30. The number of hydrogen-bond acceptors (Lipinski definition) is 4. The standard InChI is InChI=1S/C14H14BClO4/c1-19-13-7-11(15(17)18)12(16)8-14(13)20-9-10-5-3-2-4-6-10/h2-8,17-18H,9H2,1H3.